The van der Waals surface area contributed by atoms with Crippen LogP contribution in [-0.4, -0.2) is 96.7 Å². The van der Waals surface area contributed by atoms with Crippen LogP contribution in [0.15, 0.2) is 0 Å². The Kier molecular flexibility index (Phi) is 63.0. The first kappa shape index (κ1) is 88.1. The zero-order valence-corrected chi connectivity index (χ0v) is 60.1. The molecule has 0 saturated carbocycles. The van der Waals surface area contributed by atoms with Gasteiger partial charge < -0.3 is 33.8 Å². The van der Waals surface area contributed by atoms with Gasteiger partial charge in [-0.05, 0) is 31.6 Å². The van der Waals surface area contributed by atoms with E-state index in [1.807, 2.05) is 0 Å². The average Bonchev–Trinajstić information content (AvgIpc) is 3.58. The topological polar surface area (TPSA) is 237 Å². The highest BCUT2D eigenvalue weighted by Gasteiger charge is 2.30. The summed E-state index contributed by atoms with van der Waals surface area (Å²) in [5.41, 5.74) is 0. The summed E-state index contributed by atoms with van der Waals surface area (Å²) in [5.74, 6) is -1.38. The van der Waals surface area contributed by atoms with E-state index in [0.29, 0.717) is 25.7 Å². The van der Waals surface area contributed by atoms with E-state index in [9.17, 15) is 43.2 Å². The zero-order chi connectivity index (χ0) is 66.3. The first-order chi connectivity index (χ1) is 43.5. The summed E-state index contributed by atoms with van der Waals surface area (Å²) in [5, 5.41) is 10.6. The Morgan fingerprint density at radius 2 is 0.511 bits per heavy atom. The fraction of sp³-hybridized carbons (Fsp3) is 0.944. The van der Waals surface area contributed by atoms with Crippen LogP contribution >= 0.6 is 15.6 Å². The van der Waals surface area contributed by atoms with Gasteiger partial charge in [-0.25, -0.2) is 9.13 Å². The van der Waals surface area contributed by atoms with Gasteiger partial charge in [0, 0.05) is 25.7 Å². The summed E-state index contributed by atoms with van der Waals surface area (Å²) in [7, 11) is -9.89. The molecular weight excluding hydrogens is 1190 g/mol. The van der Waals surface area contributed by atoms with Crippen molar-refractivity contribution in [2.75, 3.05) is 39.6 Å². The molecule has 0 aliphatic rings. The molecule has 2 unspecified atom stereocenters. The van der Waals surface area contributed by atoms with Crippen LogP contribution < -0.4 is 0 Å². The highest BCUT2D eigenvalue weighted by molar-refractivity contribution is 7.47. The van der Waals surface area contributed by atoms with E-state index in [-0.39, 0.29) is 25.7 Å². The standard InChI is InChI=1S/C71H138O17P2/c1-6-9-12-15-17-19-21-23-25-26-27-28-30-32-37-41-46-51-56-71(76)88-67(61-82-69(74)55-50-45-40-36-31-29-24-22-20-18-16-13-10-7-2)63-86-90(79,80)84-59-65(72)58-83-89(77,78)85-62-66(60-81-68(73)54-49-43-14-11-8-3)87-70(75)57-52-47-42-38-34-33-35-39-44-48-53-64(4)5/h64-67,72H,6-63H2,1-5H3,(H,77,78)(H,79,80)/t65-,66+,67+/m0/s1. The number of ether oxygens (including phenoxy) is 4. The molecule has 0 amide bonds. The molecule has 0 aromatic carbocycles. The van der Waals surface area contributed by atoms with Gasteiger partial charge >= 0.3 is 39.5 Å². The van der Waals surface area contributed by atoms with Gasteiger partial charge in [0.2, 0.25) is 0 Å². The van der Waals surface area contributed by atoms with E-state index in [1.165, 1.54) is 186 Å². The van der Waals surface area contributed by atoms with E-state index < -0.39 is 97.5 Å². The van der Waals surface area contributed by atoms with Crippen LogP contribution in [0, 0.1) is 5.92 Å². The van der Waals surface area contributed by atoms with E-state index in [0.717, 1.165) is 102 Å². The molecule has 17 nitrogen and oxygen atoms in total. The minimum Gasteiger partial charge on any atom is -0.462 e. The quantitative estimate of drug-likeness (QED) is 0.0222. The Balaban J connectivity index is 5.15. The fourth-order valence-electron chi connectivity index (χ4n) is 10.8. The second kappa shape index (κ2) is 64.4. The van der Waals surface area contributed by atoms with Gasteiger partial charge in [-0.3, -0.25) is 37.3 Å². The van der Waals surface area contributed by atoms with E-state index in [4.69, 9.17) is 37.0 Å². The molecule has 0 spiro atoms. The Labute approximate surface area is 549 Å². The molecule has 0 heterocycles. The Hall–Kier alpha value is -1.94. The van der Waals surface area contributed by atoms with Gasteiger partial charge in [-0.1, -0.05) is 317 Å². The highest BCUT2D eigenvalue weighted by atomic mass is 31.2. The van der Waals surface area contributed by atoms with Gasteiger partial charge in [-0.2, -0.15) is 0 Å². The third-order valence-electron chi connectivity index (χ3n) is 16.5. The minimum atomic E-state index is -4.95. The SMILES string of the molecule is CCCCCCCCCCCCCCCCCCCCC(=O)O[C@H](COC(=O)CCCCCCCCCCCCCCCC)COP(=O)(O)OC[C@@H](O)COP(=O)(O)OC[C@@H](COC(=O)CCCCCCC)OC(=O)CCCCCCCCCCCCC(C)C. The van der Waals surface area contributed by atoms with Crippen molar-refractivity contribution in [2.24, 2.45) is 5.92 Å². The Morgan fingerprint density at radius 1 is 0.300 bits per heavy atom. The van der Waals surface area contributed by atoms with Crippen molar-refractivity contribution in [3.8, 4) is 0 Å². The number of carbonyl (C=O) groups is 4. The highest BCUT2D eigenvalue weighted by Crippen LogP contribution is 2.45. The summed E-state index contributed by atoms with van der Waals surface area (Å²) >= 11 is 0. The largest absolute Gasteiger partial charge is 0.472 e. The summed E-state index contributed by atoms with van der Waals surface area (Å²) < 4.78 is 68.1. The lowest BCUT2D eigenvalue weighted by Crippen LogP contribution is -2.30. The van der Waals surface area contributed by atoms with Crippen molar-refractivity contribution in [1.82, 2.24) is 0 Å². The Morgan fingerprint density at radius 3 is 0.756 bits per heavy atom. The predicted molar refractivity (Wildman–Crippen MR) is 363 cm³/mol. The molecule has 3 N–H and O–H groups in total. The molecule has 534 valence electrons. The summed E-state index contributed by atoms with van der Waals surface area (Å²) in [6, 6.07) is 0. The molecule has 0 radical (unpaired) electrons. The summed E-state index contributed by atoms with van der Waals surface area (Å²) in [4.78, 5) is 72.3. The number of unbranched alkanes of at least 4 members (excludes halogenated alkanes) is 43. The predicted octanol–water partition coefficient (Wildman–Crippen LogP) is 20.5. The van der Waals surface area contributed by atoms with Crippen LogP contribution in [-0.2, 0) is 65.4 Å². The molecule has 0 aromatic heterocycles. The van der Waals surface area contributed by atoms with Crippen LogP contribution in [0.2, 0.25) is 0 Å². The molecule has 0 bridgehead atoms. The fourth-order valence-corrected chi connectivity index (χ4v) is 12.4. The van der Waals surface area contributed by atoms with Crippen molar-refractivity contribution >= 4 is 39.5 Å². The average molecular weight is 1330 g/mol. The minimum absolute atomic E-state index is 0.105. The van der Waals surface area contributed by atoms with Crippen LogP contribution in [0.25, 0.3) is 0 Å². The second-order valence-corrected chi connectivity index (χ2v) is 29.0. The van der Waals surface area contributed by atoms with Crippen molar-refractivity contribution in [3.05, 3.63) is 0 Å². The smallest absolute Gasteiger partial charge is 0.462 e. The molecule has 5 atom stereocenters. The van der Waals surface area contributed by atoms with Crippen molar-refractivity contribution in [3.63, 3.8) is 0 Å². The molecule has 0 saturated heterocycles. The van der Waals surface area contributed by atoms with Crippen molar-refractivity contribution in [2.45, 2.75) is 387 Å². The third-order valence-corrected chi connectivity index (χ3v) is 18.4. The van der Waals surface area contributed by atoms with E-state index in [1.54, 1.807) is 0 Å². The first-order valence-electron chi connectivity index (χ1n) is 37.1. The van der Waals surface area contributed by atoms with Crippen molar-refractivity contribution in [1.29, 1.82) is 0 Å². The van der Waals surface area contributed by atoms with Gasteiger partial charge in [0.1, 0.15) is 19.3 Å². The number of carbonyl (C=O) groups excluding carboxylic acids is 4. The number of esters is 4. The van der Waals surface area contributed by atoms with Crippen molar-refractivity contribution < 1.29 is 80.2 Å². The van der Waals surface area contributed by atoms with Crippen LogP contribution in [0.5, 0.6) is 0 Å². The maximum absolute atomic E-state index is 13.0. The molecule has 90 heavy (non-hydrogen) atoms. The number of hydrogen-bond acceptors (Lipinski definition) is 15. The summed E-state index contributed by atoms with van der Waals surface area (Å²) in [6.07, 6.45) is 51.7. The van der Waals surface area contributed by atoms with Crippen LogP contribution in [0.3, 0.4) is 0 Å². The molecule has 0 aliphatic carbocycles. The number of phosphoric ester groups is 2. The first-order valence-corrected chi connectivity index (χ1v) is 40.1. The number of rotatable bonds is 71. The van der Waals surface area contributed by atoms with Crippen LogP contribution in [0.1, 0.15) is 369 Å². The van der Waals surface area contributed by atoms with Gasteiger partial charge in [0.25, 0.3) is 0 Å². The van der Waals surface area contributed by atoms with Crippen LogP contribution in [0.4, 0.5) is 0 Å². The molecular formula is C71H138O17P2. The van der Waals surface area contributed by atoms with E-state index >= 15 is 0 Å². The second-order valence-electron chi connectivity index (χ2n) is 26.1. The van der Waals surface area contributed by atoms with Gasteiger partial charge in [-0.15, -0.1) is 0 Å². The number of hydrogen-bond donors (Lipinski definition) is 3. The lowest BCUT2D eigenvalue weighted by Gasteiger charge is -2.21. The lowest BCUT2D eigenvalue weighted by molar-refractivity contribution is -0.161. The van der Waals surface area contributed by atoms with Gasteiger partial charge in [0.15, 0.2) is 12.2 Å². The zero-order valence-electron chi connectivity index (χ0n) is 58.3. The third kappa shape index (κ3) is 64.8. The molecule has 0 rings (SSSR count). The number of phosphoric acid groups is 2. The molecule has 0 aliphatic heterocycles. The Bertz CT molecular complexity index is 1740. The maximum atomic E-state index is 13.0. The number of aliphatic hydroxyl groups is 1. The molecule has 19 heteroatoms. The monoisotopic (exact) mass is 1320 g/mol. The van der Waals surface area contributed by atoms with Gasteiger partial charge in [0.05, 0.1) is 26.4 Å². The number of aliphatic hydroxyl groups excluding tert-OH is 1. The summed E-state index contributed by atoms with van der Waals surface area (Å²) in [6.45, 7) is 7.16. The molecule has 0 fully saturated rings. The maximum Gasteiger partial charge on any atom is 0.472 e. The lowest BCUT2D eigenvalue weighted by atomic mass is 10.0. The molecule has 0 aromatic rings. The normalized spacial score (nSPS) is 14.1. The van der Waals surface area contributed by atoms with E-state index in [2.05, 4.69) is 34.6 Å².